The van der Waals surface area contributed by atoms with E-state index in [4.69, 9.17) is 0 Å². The highest BCUT2D eigenvalue weighted by Gasteiger charge is 2.07. The summed E-state index contributed by atoms with van der Waals surface area (Å²) >= 11 is 3.58. The summed E-state index contributed by atoms with van der Waals surface area (Å²) in [4.78, 5) is 4.27. The van der Waals surface area contributed by atoms with E-state index in [9.17, 15) is 0 Å². The highest BCUT2D eigenvalue weighted by atomic mass is 79.9. The van der Waals surface area contributed by atoms with Gasteiger partial charge in [0.1, 0.15) is 0 Å². The summed E-state index contributed by atoms with van der Waals surface area (Å²) in [7, 11) is 0. The normalized spacial score (nSPS) is 10.6. The number of halogens is 1. The van der Waals surface area contributed by atoms with Gasteiger partial charge in [0.2, 0.25) is 0 Å². The Hall–Kier alpha value is -2.71. The maximum Gasteiger partial charge on any atom is 0.0346 e. The van der Waals surface area contributed by atoms with Gasteiger partial charge in [-0.05, 0) is 64.2 Å². The van der Waals surface area contributed by atoms with Crippen LogP contribution in [0.3, 0.4) is 0 Å². The first kappa shape index (κ1) is 15.8. The second kappa shape index (κ2) is 7.04. The number of benzene rings is 3. The predicted molar refractivity (Wildman–Crippen MR) is 108 cm³/mol. The van der Waals surface area contributed by atoms with Crippen LogP contribution in [0.1, 0.15) is 0 Å². The highest BCUT2D eigenvalue weighted by molar-refractivity contribution is 9.10. The summed E-state index contributed by atoms with van der Waals surface area (Å²) in [6.45, 7) is 0. The van der Waals surface area contributed by atoms with E-state index in [1.165, 1.54) is 27.8 Å². The standard InChI is InChI=1S/C23H16BrN/c24-23-10-4-8-18(15-23)21-12-20(17-6-2-1-3-7-17)13-22(14-21)19-9-5-11-25-16-19/h1-16H. The van der Waals surface area contributed by atoms with Gasteiger partial charge in [-0.15, -0.1) is 0 Å². The van der Waals surface area contributed by atoms with Crippen LogP contribution in [0.4, 0.5) is 0 Å². The molecule has 1 heterocycles. The fraction of sp³-hybridized carbons (Fsp3) is 0. The molecule has 0 aliphatic carbocycles. The van der Waals surface area contributed by atoms with E-state index in [-0.39, 0.29) is 0 Å². The van der Waals surface area contributed by atoms with E-state index in [1.807, 2.05) is 24.4 Å². The van der Waals surface area contributed by atoms with Crippen LogP contribution in [0.5, 0.6) is 0 Å². The van der Waals surface area contributed by atoms with Gasteiger partial charge in [0, 0.05) is 22.4 Å². The monoisotopic (exact) mass is 385 g/mol. The molecule has 0 saturated carbocycles. The predicted octanol–water partition coefficient (Wildman–Crippen LogP) is 6.85. The van der Waals surface area contributed by atoms with E-state index >= 15 is 0 Å². The Morgan fingerprint density at radius 2 is 1.16 bits per heavy atom. The van der Waals surface area contributed by atoms with Gasteiger partial charge in [-0.25, -0.2) is 0 Å². The molecule has 0 saturated heterocycles. The van der Waals surface area contributed by atoms with Gasteiger partial charge in [0.25, 0.3) is 0 Å². The van der Waals surface area contributed by atoms with Crippen molar-refractivity contribution in [2.75, 3.05) is 0 Å². The van der Waals surface area contributed by atoms with Gasteiger partial charge in [0.05, 0.1) is 0 Å². The van der Waals surface area contributed by atoms with Crippen LogP contribution in [0.25, 0.3) is 33.4 Å². The zero-order chi connectivity index (χ0) is 17.1. The number of hydrogen-bond acceptors (Lipinski definition) is 1. The molecule has 0 aliphatic rings. The number of aromatic nitrogens is 1. The van der Waals surface area contributed by atoms with Gasteiger partial charge in [-0.2, -0.15) is 0 Å². The molecule has 0 radical (unpaired) electrons. The molecule has 0 fully saturated rings. The Morgan fingerprint density at radius 3 is 1.84 bits per heavy atom. The third-order valence-corrected chi connectivity index (χ3v) is 4.69. The van der Waals surface area contributed by atoms with Gasteiger partial charge in [0.15, 0.2) is 0 Å². The summed E-state index contributed by atoms with van der Waals surface area (Å²) < 4.78 is 1.08. The van der Waals surface area contributed by atoms with Gasteiger partial charge in [-0.3, -0.25) is 4.98 Å². The minimum Gasteiger partial charge on any atom is -0.264 e. The molecular formula is C23H16BrN. The van der Waals surface area contributed by atoms with Crippen LogP contribution < -0.4 is 0 Å². The lowest BCUT2D eigenvalue weighted by molar-refractivity contribution is 1.33. The van der Waals surface area contributed by atoms with Gasteiger partial charge < -0.3 is 0 Å². The first-order valence-electron chi connectivity index (χ1n) is 8.16. The minimum absolute atomic E-state index is 1.08. The van der Waals surface area contributed by atoms with Gasteiger partial charge >= 0.3 is 0 Å². The van der Waals surface area contributed by atoms with E-state index in [1.54, 1.807) is 6.20 Å². The summed E-state index contributed by atoms with van der Waals surface area (Å²) in [5.41, 5.74) is 7.10. The van der Waals surface area contributed by atoms with Crippen molar-refractivity contribution < 1.29 is 0 Å². The van der Waals surface area contributed by atoms with Crippen molar-refractivity contribution in [3.8, 4) is 33.4 Å². The Morgan fingerprint density at radius 1 is 0.520 bits per heavy atom. The lowest BCUT2D eigenvalue weighted by atomic mass is 9.94. The maximum absolute atomic E-state index is 4.27. The lowest BCUT2D eigenvalue weighted by Gasteiger charge is -2.11. The Kier molecular flexibility index (Phi) is 4.45. The van der Waals surface area contributed by atoms with Crippen LogP contribution in [0.15, 0.2) is 102 Å². The van der Waals surface area contributed by atoms with E-state index in [0.29, 0.717) is 0 Å². The highest BCUT2D eigenvalue weighted by Crippen LogP contribution is 2.33. The quantitative estimate of drug-likeness (QED) is 0.375. The summed E-state index contributed by atoms with van der Waals surface area (Å²) in [6, 6.07) is 29.7. The van der Waals surface area contributed by atoms with Crippen LogP contribution in [0.2, 0.25) is 0 Å². The molecule has 1 aromatic heterocycles. The van der Waals surface area contributed by atoms with Crippen LogP contribution in [-0.2, 0) is 0 Å². The fourth-order valence-corrected chi connectivity index (χ4v) is 3.36. The average Bonchev–Trinajstić information content (AvgIpc) is 2.69. The number of hydrogen-bond donors (Lipinski definition) is 0. The molecule has 0 spiro atoms. The molecule has 0 atom stereocenters. The molecule has 3 aromatic carbocycles. The molecule has 2 heteroatoms. The van der Waals surface area contributed by atoms with E-state index < -0.39 is 0 Å². The third-order valence-electron chi connectivity index (χ3n) is 4.19. The minimum atomic E-state index is 1.08. The molecular weight excluding hydrogens is 370 g/mol. The fourth-order valence-electron chi connectivity index (χ4n) is 2.96. The lowest BCUT2D eigenvalue weighted by Crippen LogP contribution is -1.86. The van der Waals surface area contributed by atoms with Crippen molar-refractivity contribution >= 4 is 15.9 Å². The smallest absolute Gasteiger partial charge is 0.0346 e. The molecule has 0 aliphatic heterocycles. The van der Waals surface area contributed by atoms with Crippen LogP contribution >= 0.6 is 15.9 Å². The Balaban J connectivity index is 1.92. The molecule has 0 amide bonds. The van der Waals surface area contributed by atoms with Crippen molar-refractivity contribution in [2.45, 2.75) is 0 Å². The average molecular weight is 386 g/mol. The first-order chi connectivity index (χ1) is 12.3. The van der Waals surface area contributed by atoms with Crippen LogP contribution in [-0.4, -0.2) is 4.98 Å². The largest absolute Gasteiger partial charge is 0.264 e. The molecule has 4 rings (SSSR count). The molecule has 0 unspecified atom stereocenters. The van der Waals surface area contributed by atoms with E-state index in [2.05, 4.69) is 87.6 Å². The topological polar surface area (TPSA) is 12.9 Å². The van der Waals surface area contributed by atoms with Crippen molar-refractivity contribution in [2.24, 2.45) is 0 Å². The first-order valence-corrected chi connectivity index (χ1v) is 8.96. The van der Waals surface area contributed by atoms with E-state index in [0.717, 1.165) is 10.0 Å². The molecule has 0 bridgehead atoms. The zero-order valence-corrected chi connectivity index (χ0v) is 15.1. The summed E-state index contributed by atoms with van der Waals surface area (Å²) in [5, 5.41) is 0. The molecule has 25 heavy (non-hydrogen) atoms. The summed E-state index contributed by atoms with van der Waals surface area (Å²) in [6.07, 6.45) is 3.72. The zero-order valence-electron chi connectivity index (χ0n) is 13.6. The molecule has 0 N–H and O–H groups in total. The Bertz CT molecular complexity index is 937. The second-order valence-corrected chi connectivity index (χ2v) is 6.83. The number of rotatable bonds is 3. The van der Waals surface area contributed by atoms with Crippen molar-refractivity contribution in [3.63, 3.8) is 0 Å². The Labute approximate surface area is 156 Å². The molecule has 120 valence electrons. The van der Waals surface area contributed by atoms with Gasteiger partial charge in [-0.1, -0.05) is 64.5 Å². The number of pyridine rings is 1. The van der Waals surface area contributed by atoms with Crippen LogP contribution in [0, 0.1) is 0 Å². The van der Waals surface area contributed by atoms with Crippen molar-refractivity contribution in [1.82, 2.24) is 4.98 Å². The third kappa shape index (κ3) is 3.54. The summed E-state index contributed by atoms with van der Waals surface area (Å²) in [5.74, 6) is 0. The molecule has 4 aromatic rings. The SMILES string of the molecule is Brc1cccc(-c2cc(-c3ccccc3)cc(-c3cccnc3)c2)c1. The number of nitrogens with zero attached hydrogens (tertiary/aromatic N) is 1. The maximum atomic E-state index is 4.27. The molecule has 1 nitrogen and oxygen atoms in total. The second-order valence-electron chi connectivity index (χ2n) is 5.92. The van der Waals surface area contributed by atoms with Crippen molar-refractivity contribution in [3.05, 3.63) is 102 Å². The van der Waals surface area contributed by atoms with Crippen molar-refractivity contribution in [1.29, 1.82) is 0 Å².